The normalized spacial score (nSPS) is 12.3. The van der Waals surface area contributed by atoms with E-state index >= 15 is 0 Å². The van der Waals surface area contributed by atoms with Gasteiger partial charge in [0.05, 0.1) is 0 Å². The summed E-state index contributed by atoms with van der Waals surface area (Å²) in [6, 6.07) is 1.21. The Balaban J connectivity index is 3.22. The highest BCUT2D eigenvalue weighted by Crippen LogP contribution is 2.25. The van der Waals surface area contributed by atoms with Gasteiger partial charge in [-0.2, -0.15) is 4.31 Å². The molecule has 8 heteroatoms. The van der Waals surface area contributed by atoms with Crippen molar-refractivity contribution in [3.8, 4) is 0 Å². The lowest BCUT2D eigenvalue weighted by atomic mass is 10.3. The number of hydrogen-bond acceptors (Lipinski definition) is 5. The van der Waals surface area contributed by atoms with Crippen molar-refractivity contribution in [1.82, 2.24) is 9.29 Å². The number of pyridine rings is 1. The van der Waals surface area contributed by atoms with Gasteiger partial charge in [0.2, 0.25) is 10.0 Å². The van der Waals surface area contributed by atoms with Gasteiger partial charge in [-0.05, 0) is 42.3 Å². The number of aliphatic hydroxyl groups excluding tert-OH is 1. The van der Waals surface area contributed by atoms with Gasteiger partial charge in [-0.1, -0.05) is 0 Å². The van der Waals surface area contributed by atoms with E-state index in [1.807, 2.05) is 0 Å². The second-order valence-corrected chi connectivity index (χ2v) is 7.10. The molecular weight excluding hydrogens is 334 g/mol. The molecule has 0 amide bonds. The van der Waals surface area contributed by atoms with Crippen LogP contribution in [-0.2, 0) is 10.0 Å². The molecule has 0 aromatic carbocycles. The summed E-state index contributed by atoms with van der Waals surface area (Å²) in [5, 5.41) is 8.87. The minimum absolute atomic E-state index is 0.0199. The third kappa shape index (κ3) is 3.88. The second-order valence-electron chi connectivity index (χ2n) is 4.32. The van der Waals surface area contributed by atoms with E-state index in [1.54, 1.807) is 13.8 Å². The summed E-state index contributed by atoms with van der Waals surface area (Å²) in [7, 11) is -3.72. The van der Waals surface area contributed by atoms with Crippen LogP contribution in [0.15, 0.2) is 21.6 Å². The largest absolute Gasteiger partial charge is 0.396 e. The number of nitrogens with two attached hydrogens (primary N) is 1. The van der Waals surface area contributed by atoms with Gasteiger partial charge in [0.1, 0.15) is 10.7 Å². The zero-order valence-electron chi connectivity index (χ0n) is 10.9. The summed E-state index contributed by atoms with van der Waals surface area (Å²) in [5.74, 6) is -0.0298. The molecule has 0 aliphatic heterocycles. The van der Waals surface area contributed by atoms with Crippen molar-refractivity contribution in [3.05, 3.63) is 16.7 Å². The molecule has 3 N–H and O–H groups in total. The van der Waals surface area contributed by atoms with Crippen LogP contribution in [0.4, 0.5) is 5.82 Å². The molecule has 0 aliphatic rings. The van der Waals surface area contributed by atoms with Gasteiger partial charge in [0.15, 0.2) is 0 Å². The van der Waals surface area contributed by atoms with Crippen LogP contribution in [0.25, 0.3) is 0 Å². The molecule has 1 rings (SSSR count). The van der Waals surface area contributed by atoms with Crippen molar-refractivity contribution in [2.24, 2.45) is 0 Å². The zero-order valence-corrected chi connectivity index (χ0v) is 13.3. The number of sulfonamides is 1. The quantitative estimate of drug-likeness (QED) is 0.802. The highest BCUT2D eigenvalue weighted by molar-refractivity contribution is 9.10. The second kappa shape index (κ2) is 6.65. The van der Waals surface area contributed by atoms with Gasteiger partial charge in [-0.25, -0.2) is 13.4 Å². The molecule has 1 aromatic heterocycles. The van der Waals surface area contributed by atoms with Crippen LogP contribution >= 0.6 is 15.9 Å². The molecule has 0 spiro atoms. The number of halogens is 1. The van der Waals surface area contributed by atoms with E-state index in [-0.39, 0.29) is 29.9 Å². The van der Waals surface area contributed by atoms with Crippen LogP contribution < -0.4 is 5.73 Å². The molecule has 0 fully saturated rings. The van der Waals surface area contributed by atoms with Crippen LogP contribution in [0.5, 0.6) is 0 Å². The Morgan fingerprint density at radius 3 is 2.68 bits per heavy atom. The maximum absolute atomic E-state index is 12.6. The first-order valence-electron chi connectivity index (χ1n) is 5.84. The minimum atomic E-state index is -3.72. The summed E-state index contributed by atoms with van der Waals surface area (Å²) in [5.41, 5.74) is 5.66. The Bertz CT molecular complexity index is 534. The number of anilines is 1. The molecule has 108 valence electrons. The lowest BCUT2D eigenvalue weighted by Gasteiger charge is -2.26. The van der Waals surface area contributed by atoms with Gasteiger partial charge in [-0.3, -0.25) is 0 Å². The molecule has 0 radical (unpaired) electrons. The average Bonchev–Trinajstić information content (AvgIpc) is 2.32. The first kappa shape index (κ1) is 16.4. The average molecular weight is 352 g/mol. The SMILES string of the molecule is CC(C)N(CCCO)S(=O)(=O)c1cc(Br)cnc1N. The van der Waals surface area contributed by atoms with Crippen molar-refractivity contribution in [3.63, 3.8) is 0 Å². The predicted molar refractivity (Wildman–Crippen MR) is 77.1 cm³/mol. The fourth-order valence-electron chi connectivity index (χ4n) is 1.65. The molecule has 1 heterocycles. The molecule has 0 aliphatic carbocycles. The molecule has 0 saturated heterocycles. The summed E-state index contributed by atoms with van der Waals surface area (Å²) < 4.78 is 27.0. The zero-order chi connectivity index (χ0) is 14.6. The van der Waals surface area contributed by atoms with Crippen molar-refractivity contribution in [2.75, 3.05) is 18.9 Å². The van der Waals surface area contributed by atoms with E-state index in [1.165, 1.54) is 16.6 Å². The van der Waals surface area contributed by atoms with Crippen LogP contribution in [0.3, 0.4) is 0 Å². The number of hydrogen-bond donors (Lipinski definition) is 2. The third-order valence-corrected chi connectivity index (χ3v) is 5.09. The van der Waals surface area contributed by atoms with Gasteiger partial charge < -0.3 is 10.8 Å². The fraction of sp³-hybridized carbons (Fsp3) is 0.545. The Kier molecular flexibility index (Phi) is 5.72. The third-order valence-electron chi connectivity index (χ3n) is 2.55. The molecule has 19 heavy (non-hydrogen) atoms. The summed E-state index contributed by atoms with van der Waals surface area (Å²) in [6.07, 6.45) is 1.82. The van der Waals surface area contributed by atoms with E-state index in [0.29, 0.717) is 10.9 Å². The molecule has 1 aromatic rings. The van der Waals surface area contributed by atoms with Gasteiger partial charge >= 0.3 is 0 Å². The van der Waals surface area contributed by atoms with Crippen LogP contribution in [0.1, 0.15) is 20.3 Å². The Morgan fingerprint density at radius 1 is 1.53 bits per heavy atom. The number of nitrogens with zero attached hydrogens (tertiary/aromatic N) is 2. The number of nitrogen functional groups attached to an aromatic ring is 1. The Morgan fingerprint density at radius 2 is 2.16 bits per heavy atom. The van der Waals surface area contributed by atoms with Crippen molar-refractivity contribution in [1.29, 1.82) is 0 Å². The lowest BCUT2D eigenvalue weighted by Crippen LogP contribution is -2.38. The van der Waals surface area contributed by atoms with Crippen LogP contribution in [-0.4, -0.2) is 42.0 Å². The number of aromatic nitrogens is 1. The van der Waals surface area contributed by atoms with Crippen molar-refractivity contribution in [2.45, 2.75) is 31.2 Å². The maximum atomic E-state index is 12.6. The first-order chi connectivity index (χ1) is 8.80. The predicted octanol–water partition coefficient (Wildman–Crippen LogP) is 1.21. The van der Waals surface area contributed by atoms with Crippen molar-refractivity contribution < 1.29 is 13.5 Å². The van der Waals surface area contributed by atoms with Gasteiger partial charge in [-0.15, -0.1) is 0 Å². The summed E-state index contributed by atoms with van der Waals surface area (Å²) in [6.45, 7) is 3.72. The highest BCUT2D eigenvalue weighted by atomic mass is 79.9. The molecule has 0 atom stereocenters. The van der Waals surface area contributed by atoms with Gasteiger partial charge in [0, 0.05) is 29.9 Å². The number of rotatable bonds is 6. The minimum Gasteiger partial charge on any atom is -0.396 e. The van der Waals surface area contributed by atoms with E-state index in [2.05, 4.69) is 20.9 Å². The maximum Gasteiger partial charge on any atom is 0.247 e. The Labute approximate surface area is 121 Å². The standard InChI is InChI=1S/C11H18BrN3O3S/c1-8(2)15(4-3-5-16)19(17,18)10-6-9(12)7-14-11(10)13/h6-8,16H,3-5H2,1-2H3,(H2,13,14). The summed E-state index contributed by atoms with van der Waals surface area (Å²) >= 11 is 3.19. The topological polar surface area (TPSA) is 96.5 Å². The van der Waals surface area contributed by atoms with E-state index in [0.717, 1.165) is 0 Å². The monoisotopic (exact) mass is 351 g/mol. The molecule has 0 bridgehead atoms. The fourth-order valence-corrected chi connectivity index (χ4v) is 3.90. The van der Waals surface area contributed by atoms with E-state index in [4.69, 9.17) is 10.8 Å². The smallest absolute Gasteiger partial charge is 0.247 e. The highest BCUT2D eigenvalue weighted by Gasteiger charge is 2.29. The van der Waals surface area contributed by atoms with Crippen LogP contribution in [0, 0.1) is 0 Å². The molecular formula is C11H18BrN3O3S. The van der Waals surface area contributed by atoms with Gasteiger partial charge in [0.25, 0.3) is 0 Å². The van der Waals surface area contributed by atoms with E-state index < -0.39 is 10.0 Å². The van der Waals surface area contributed by atoms with E-state index in [9.17, 15) is 8.42 Å². The summed E-state index contributed by atoms with van der Waals surface area (Å²) in [4.78, 5) is 3.82. The number of aliphatic hydroxyl groups is 1. The first-order valence-corrected chi connectivity index (χ1v) is 8.07. The van der Waals surface area contributed by atoms with Crippen molar-refractivity contribution >= 4 is 31.8 Å². The lowest BCUT2D eigenvalue weighted by molar-refractivity contribution is 0.258. The molecule has 0 saturated carbocycles. The van der Waals surface area contributed by atoms with Crippen LogP contribution in [0.2, 0.25) is 0 Å². The molecule has 0 unspecified atom stereocenters. The molecule has 6 nitrogen and oxygen atoms in total. The Hall–Kier alpha value is -0.700.